The molecule has 1 aliphatic carbocycles. The van der Waals surface area contributed by atoms with Gasteiger partial charge in [-0.15, -0.1) is 12.4 Å². The van der Waals surface area contributed by atoms with Gasteiger partial charge in [0.2, 0.25) is 0 Å². The highest BCUT2D eigenvalue weighted by Gasteiger charge is 2.21. The third kappa shape index (κ3) is 2.62. The van der Waals surface area contributed by atoms with E-state index in [9.17, 15) is 8.42 Å². The molecule has 5 nitrogen and oxygen atoms in total. The van der Waals surface area contributed by atoms with Gasteiger partial charge in [-0.3, -0.25) is 4.55 Å². The van der Waals surface area contributed by atoms with Crippen molar-refractivity contribution in [1.29, 1.82) is 0 Å². The summed E-state index contributed by atoms with van der Waals surface area (Å²) in [5.41, 5.74) is 10.2. The van der Waals surface area contributed by atoms with Crippen molar-refractivity contribution >= 4 is 34.3 Å². The molecule has 0 spiro atoms. The Balaban J connectivity index is 0.00000144. The predicted octanol–water partition coefficient (Wildman–Crippen LogP) is 1.60. The first-order chi connectivity index (χ1) is 7.52. The van der Waals surface area contributed by atoms with Gasteiger partial charge in [-0.05, 0) is 23.3 Å². The maximum Gasteiger partial charge on any atom is 0.296 e. The van der Waals surface area contributed by atoms with Gasteiger partial charge >= 0.3 is 0 Å². The molecule has 1 aromatic rings. The van der Waals surface area contributed by atoms with E-state index < -0.39 is 10.1 Å². The van der Waals surface area contributed by atoms with Crippen molar-refractivity contribution in [2.75, 3.05) is 0 Å². The number of halogens is 1. The number of nitrogens with zero attached hydrogens (tertiary/aromatic N) is 2. The SMILES string of the molecule is Cl.[N-]=[N+]=C1C=Cc2c(cccc2S(=O)(=O)O)C1. The lowest BCUT2D eigenvalue weighted by Crippen LogP contribution is -2.11. The molecule has 1 aromatic carbocycles. The molecule has 7 heteroatoms. The molecule has 0 radical (unpaired) electrons. The van der Waals surface area contributed by atoms with Crippen molar-refractivity contribution in [3.8, 4) is 0 Å². The van der Waals surface area contributed by atoms with E-state index in [1.165, 1.54) is 24.3 Å². The molecule has 0 aliphatic heterocycles. The second kappa shape index (κ2) is 4.81. The summed E-state index contributed by atoms with van der Waals surface area (Å²) in [5.74, 6) is 0. The van der Waals surface area contributed by atoms with Crippen LogP contribution in [0.4, 0.5) is 0 Å². The van der Waals surface area contributed by atoms with Gasteiger partial charge in [0.05, 0.1) is 6.42 Å². The fourth-order valence-electron chi connectivity index (χ4n) is 1.66. The molecule has 0 bridgehead atoms. The van der Waals surface area contributed by atoms with Gasteiger partial charge in [-0.2, -0.15) is 13.2 Å². The van der Waals surface area contributed by atoms with Crippen molar-refractivity contribution in [2.24, 2.45) is 0 Å². The van der Waals surface area contributed by atoms with Crippen molar-refractivity contribution in [3.05, 3.63) is 40.9 Å². The Kier molecular flexibility index (Phi) is 3.85. The van der Waals surface area contributed by atoms with E-state index in [4.69, 9.17) is 10.1 Å². The van der Waals surface area contributed by atoms with E-state index >= 15 is 0 Å². The Bertz CT molecular complexity index is 631. The first kappa shape index (κ1) is 13.6. The number of rotatable bonds is 1. The largest absolute Gasteiger partial charge is 0.361 e. The second-order valence-electron chi connectivity index (χ2n) is 3.41. The Morgan fingerprint density at radius 3 is 2.59 bits per heavy atom. The molecule has 1 aliphatic rings. The zero-order chi connectivity index (χ0) is 11.8. The zero-order valence-electron chi connectivity index (χ0n) is 8.57. The molecule has 0 saturated heterocycles. The topological polar surface area (TPSA) is 90.8 Å². The van der Waals surface area contributed by atoms with Gasteiger partial charge in [-0.25, -0.2) is 0 Å². The lowest BCUT2D eigenvalue weighted by atomic mass is 9.96. The molecule has 0 saturated carbocycles. The van der Waals surface area contributed by atoms with Crippen molar-refractivity contribution in [2.45, 2.75) is 11.3 Å². The lowest BCUT2D eigenvalue weighted by Gasteiger charge is -2.10. The Morgan fingerprint density at radius 1 is 1.29 bits per heavy atom. The summed E-state index contributed by atoms with van der Waals surface area (Å²) in [4.78, 5) is 2.93. The maximum absolute atomic E-state index is 11.1. The normalized spacial score (nSPS) is 13.6. The van der Waals surface area contributed by atoms with E-state index in [0.717, 1.165) is 0 Å². The van der Waals surface area contributed by atoms with Crippen LogP contribution >= 0.6 is 12.4 Å². The molecule has 90 valence electrons. The fourth-order valence-corrected chi connectivity index (χ4v) is 2.39. The highest BCUT2D eigenvalue weighted by atomic mass is 35.5. The summed E-state index contributed by atoms with van der Waals surface area (Å²) in [5, 5.41) is 0. The van der Waals surface area contributed by atoms with E-state index in [-0.39, 0.29) is 17.3 Å². The van der Waals surface area contributed by atoms with E-state index in [1.807, 2.05) is 0 Å². The summed E-state index contributed by atoms with van der Waals surface area (Å²) >= 11 is 0. The van der Waals surface area contributed by atoms with E-state index in [0.29, 0.717) is 23.3 Å². The van der Waals surface area contributed by atoms with Gasteiger partial charge in [0.15, 0.2) is 0 Å². The number of benzene rings is 1. The third-order valence-electron chi connectivity index (χ3n) is 2.38. The summed E-state index contributed by atoms with van der Waals surface area (Å²) < 4.78 is 31.2. The monoisotopic (exact) mass is 272 g/mol. The number of allylic oxidation sites excluding steroid dienone is 1. The van der Waals surface area contributed by atoms with Crippen molar-refractivity contribution in [1.82, 2.24) is 0 Å². The van der Waals surface area contributed by atoms with E-state index in [1.54, 1.807) is 6.07 Å². The molecule has 17 heavy (non-hydrogen) atoms. The molecule has 0 amide bonds. The maximum atomic E-state index is 11.1. The fraction of sp³-hybridized carbons (Fsp3) is 0.100. The minimum absolute atomic E-state index is 0. The van der Waals surface area contributed by atoms with Crippen LogP contribution in [-0.2, 0) is 16.5 Å². The minimum Gasteiger partial charge on any atom is -0.361 e. The average Bonchev–Trinajstić information content (AvgIpc) is 2.26. The van der Waals surface area contributed by atoms with Gasteiger partial charge in [0, 0.05) is 6.08 Å². The van der Waals surface area contributed by atoms with Gasteiger partial charge in [-0.1, -0.05) is 12.1 Å². The van der Waals surface area contributed by atoms with Crippen molar-refractivity contribution in [3.63, 3.8) is 0 Å². The number of fused-ring (bicyclic) bond motifs is 1. The second-order valence-corrected chi connectivity index (χ2v) is 4.80. The summed E-state index contributed by atoms with van der Waals surface area (Å²) in [6, 6.07) is 4.59. The quantitative estimate of drug-likeness (QED) is 0.478. The summed E-state index contributed by atoms with van der Waals surface area (Å²) in [6.07, 6.45) is 3.36. The highest BCUT2D eigenvalue weighted by molar-refractivity contribution is 7.85. The van der Waals surface area contributed by atoms with Crippen molar-refractivity contribution < 1.29 is 17.8 Å². The van der Waals surface area contributed by atoms with Gasteiger partial charge in [0.1, 0.15) is 4.90 Å². The molecule has 0 aromatic heterocycles. The molecule has 1 N–H and O–H groups in total. The summed E-state index contributed by atoms with van der Waals surface area (Å²) in [6.45, 7) is 0. The molecule has 0 atom stereocenters. The van der Waals surface area contributed by atoms with Gasteiger partial charge < -0.3 is 5.53 Å². The van der Waals surface area contributed by atoms with Gasteiger partial charge in [0.25, 0.3) is 15.8 Å². The number of hydrogen-bond donors (Lipinski definition) is 1. The standard InChI is InChI=1S/C10H8N2O3S.ClH/c11-12-8-4-5-9-7(6-8)2-1-3-10(9)16(13,14)15;/h1-5H,6H2,(H,13,14,15);1H. The van der Waals surface area contributed by atoms with Crippen LogP contribution in [-0.4, -0.2) is 23.5 Å². The van der Waals surface area contributed by atoms with Crippen LogP contribution in [0.5, 0.6) is 0 Å². The minimum atomic E-state index is -4.22. The molecular weight excluding hydrogens is 264 g/mol. The van der Waals surface area contributed by atoms with Crippen LogP contribution in [0.3, 0.4) is 0 Å². The smallest absolute Gasteiger partial charge is 0.296 e. The van der Waals surface area contributed by atoms with Crippen LogP contribution in [0.25, 0.3) is 11.6 Å². The van der Waals surface area contributed by atoms with Crippen LogP contribution < -0.4 is 0 Å². The highest BCUT2D eigenvalue weighted by Crippen LogP contribution is 2.24. The Labute approximate surface area is 105 Å². The first-order valence-corrected chi connectivity index (χ1v) is 5.95. The summed E-state index contributed by atoms with van der Waals surface area (Å²) in [7, 11) is -4.22. The van der Waals surface area contributed by atoms with Crippen LogP contribution in [0.1, 0.15) is 11.1 Å². The predicted molar refractivity (Wildman–Crippen MR) is 64.9 cm³/mol. The molecule has 0 heterocycles. The molecule has 2 rings (SSSR count). The first-order valence-electron chi connectivity index (χ1n) is 4.51. The van der Waals surface area contributed by atoms with Crippen LogP contribution in [0.15, 0.2) is 29.2 Å². The molecular formula is C10H9ClN2O3S. The molecule has 0 fully saturated rings. The number of hydrogen-bond acceptors (Lipinski definition) is 2. The average molecular weight is 273 g/mol. The Morgan fingerprint density at radius 2 is 2.00 bits per heavy atom. The Hall–Kier alpha value is -1.46. The lowest BCUT2D eigenvalue weighted by molar-refractivity contribution is -0.00554. The van der Waals surface area contributed by atoms with Crippen LogP contribution in [0, 0.1) is 0 Å². The zero-order valence-corrected chi connectivity index (χ0v) is 10.2. The van der Waals surface area contributed by atoms with E-state index in [2.05, 4.69) is 4.79 Å². The van der Waals surface area contributed by atoms with Crippen LogP contribution in [0.2, 0.25) is 0 Å². The molecule has 0 unspecified atom stereocenters. The third-order valence-corrected chi connectivity index (χ3v) is 3.29.